The summed E-state index contributed by atoms with van der Waals surface area (Å²) in [6, 6.07) is 16.9. The summed E-state index contributed by atoms with van der Waals surface area (Å²) in [6.45, 7) is 1.92. The summed E-state index contributed by atoms with van der Waals surface area (Å²) in [4.78, 5) is 40.4. The van der Waals surface area contributed by atoms with Crippen molar-refractivity contribution in [2.45, 2.75) is 13.0 Å². The van der Waals surface area contributed by atoms with Gasteiger partial charge in [0, 0.05) is 5.69 Å². The van der Waals surface area contributed by atoms with Gasteiger partial charge in [-0.25, -0.2) is 4.79 Å². The molecule has 196 valence electrons. The Balaban J connectivity index is 1.95. The van der Waals surface area contributed by atoms with Crippen molar-refractivity contribution in [3.63, 3.8) is 0 Å². The van der Waals surface area contributed by atoms with Crippen LogP contribution in [0.2, 0.25) is 0 Å². The first-order chi connectivity index (χ1) is 18.4. The van der Waals surface area contributed by atoms with Gasteiger partial charge in [-0.1, -0.05) is 18.2 Å². The smallest absolute Gasteiger partial charge is 0.338 e. The van der Waals surface area contributed by atoms with Crippen molar-refractivity contribution in [3.05, 3.63) is 89.0 Å². The Labute approximate surface area is 219 Å². The van der Waals surface area contributed by atoms with E-state index in [1.807, 2.05) is 0 Å². The number of anilines is 1. The summed E-state index contributed by atoms with van der Waals surface area (Å²) in [6.07, 6.45) is 0. The number of ether oxygens (including phenoxy) is 4. The second-order valence-corrected chi connectivity index (χ2v) is 8.25. The van der Waals surface area contributed by atoms with E-state index in [-0.39, 0.29) is 29.2 Å². The number of aliphatic hydroxyl groups is 1. The van der Waals surface area contributed by atoms with Crippen LogP contribution >= 0.6 is 0 Å². The number of methoxy groups -OCH3 is 3. The molecule has 1 atom stereocenters. The molecule has 3 aromatic carbocycles. The number of nitrogens with zero attached hydrogens (tertiary/aromatic N) is 1. The zero-order valence-corrected chi connectivity index (χ0v) is 21.4. The number of benzene rings is 3. The number of carbonyl (C=O) groups excluding carboxylic acids is 3. The number of hydrogen-bond donors (Lipinski definition) is 1. The molecule has 0 aromatic heterocycles. The molecule has 1 amide bonds. The molecule has 9 heteroatoms. The van der Waals surface area contributed by atoms with Crippen LogP contribution < -0.4 is 19.1 Å². The van der Waals surface area contributed by atoms with Crippen LogP contribution in [0.15, 0.2) is 72.3 Å². The SMILES string of the molecule is CCOC(=O)c1ccc(N2C(=O)C(=O)/C(=C(/O)c3c(OC)cccc3OC)C2c2cccc(OC)c2)cc1. The molecule has 0 saturated carbocycles. The molecule has 1 unspecified atom stereocenters. The fourth-order valence-electron chi connectivity index (χ4n) is 4.42. The zero-order chi connectivity index (χ0) is 27.4. The topological polar surface area (TPSA) is 112 Å². The van der Waals surface area contributed by atoms with Crippen molar-refractivity contribution in [2.24, 2.45) is 0 Å². The number of esters is 1. The Hall–Kier alpha value is -4.79. The first-order valence-electron chi connectivity index (χ1n) is 11.8. The van der Waals surface area contributed by atoms with Gasteiger partial charge < -0.3 is 24.1 Å². The number of Topliss-reactive ketones (excluding diaryl/α,β-unsaturated/α-hetero) is 1. The summed E-state index contributed by atoms with van der Waals surface area (Å²) < 4.78 is 21.3. The van der Waals surface area contributed by atoms with E-state index in [4.69, 9.17) is 18.9 Å². The van der Waals surface area contributed by atoms with Crippen LogP contribution in [0.4, 0.5) is 5.69 Å². The van der Waals surface area contributed by atoms with Crippen LogP contribution in [-0.4, -0.2) is 50.7 Å². The number of carbonyl (C=O) groups is 3. The molecule has 9 nitrogen and oxygen atoms in total. The average molecular weight is 518 g/mol. The second-order valence-electron chi connectivity index (χ2n) is 8.25. The predicted octanol–water partition coefficient (Wildman–Crippen LogP) is 4.52. The summed E-state index contributed by atoms with van der Waals surface area (Å²) in [5, 5.41) is 11.6. The van der Waals surface area contributed by atoms with Crippen LogP contribution in [0.1, 0.15) is 34.5 Å². The van der Waals surface area contributed by atoms with Crippen molar-refractivity contribution < 1.29 is 38.4 Å². The largest absolute Gasteiger partial charge is 0.506 e. The van der Waals surface area contributed by atoms with Gasteiger partial charge in [0.05, 0.1) is 45.1 Å². The van der Waals surface area contributed by atoms with Gasteiger partial charge in [-0.15, -0.1) is 0 Å². The Bertz CT molecular complexity index is 1390. The molecule has 38 heavy (non-hydrogen) atoms. The molecule has 3 aromatic rings. The maximum atomic E-state index is 13.5. The lowest BCUT2D eigenvalue weighted by molar-refractivity contribution is -0.132. The van der Waals surface area contributed by atoms with Crippen LogP contribution in [0.25, 0.3) is 5.76 Å². The van der Waals surface area contributed by atoms with Crippen LogP contribution in [0, 0.1) is 0 Å². The minimum Gasteiger partial charge on any atom is -0.506 e. The van der Waals surface area contributed by atoms with Crippen molar-refractivity contribution in [1.29, 1.82) is 0 Å². The van der Waals surface area contributed by atoms with Gasteiger partial charge in [-0.2, -0.15) is 0 Å². The van der Waals surface area contributed by atoms with Crippen molar-refractivity contribution in [2.75, 3.05) is 32.8 Å². The van der Waals surface area contributed by atoms with Crippen LogP contribution in [0.3, 0.4) is 0 Å². The monoisotopic (exact) mass is 517 g/mol. The van der Waals surface area contributed by atoms with Gasteiger partial charge in [0.15, 0.2) is 0 Å². The Kier molecular flexibility index (Phi) is 7.66. The van der Waals surface area contributed by atoms with Gasteiger partial charge in [-0.3, -0.25) is 14.5 Å². The fraction of sp³-hybridized carbons (Fsp3) is 0.207. The standard InChI is InChI=1S/C29H27NO8/c1-5-38-29(34)17-12-14-19(15-13-17)30-25(18-8-6-9-20(16-18)35-2)24(27(32)28(30)33)26(31)23-21(36-3)10-7-11-22(23)37-4/h6-16,25,31H,5H2,1-4H3/b26-24+. The third-order valence-electron chi connectivity index (χ3n) is 6.18. The third kappa shape index (κ3) is 4.66. The minimum atomic E-state index is -1.02. The normalized spacial score (nSPS) is 16.3. The van der Waals surface area contributed by atoms with E-state index in [0.717, 1.165) is 0 Å². The van der Waals surface area contributed by atoms with Crippen molar-refractivity contribution >= 4 is 29.1 Å². The highest BCUT2D eigenvalue weighted by Gasteiger charge is 2.47. The van der Waals surface area contributed by atoms with Crippen molar-refractivity contribution in [1.82, 2.24) is 0 Å². The molecule has 1 saturated heterocycles. The Morgan fingerprint density at radius 3 is 2.11 bits per heavy atom. The van der Waals surface area contributed by atoms with E-state index in [2.05, 4.69) is 0 Å². The molecule has 0 bridgehead atoms. The Morgan fingerprint density at radius 2 is 1.53 bits per heavy atom. The number of hydrogen-bond acceptors (Lipinski definition) is 8. The molecule has 0 spiro atoms. The summed E-state index contributed by atoms with van der Waals surface area (Å²) in [5.41, 5.74) is 1.15. The van der Waals surface area contributed by atoms with Crippen LogP contribution in [0.5, 0.6) is 17.2 Å². The highest BCUT2D eigenvalue weighted by molar-refractivity contribution is 6.51. The van der Waals surface area contributed by atoms with Crippen molar-refractivity contribution in [3.8, 4) is 17.2 Å². The summed E-state index contributed by atoms with van der Waals surface area (Å²) in [7, 11) is 4.35. The van der Waals surface area contributed by atoms with Gasteiger partial charge in [0.1, 0.15) is 28.6 Å². The first kappa shape index (κ1) is 26.3. The zero-order valence-electron chi connectivity index (χ0n) is 21.4. The van der Waals surface area contributed by atoms with E-state index in [9.17, 15) is 19.5 Å². The lowest BCUT2D eigenvalue weighted by Gasteiger charge is -2.26. The number of ketones is 1. The molecular weight excluding hydrogens is 490 g/mol. The van der Waals surface area contributed by atoms with E-state index < -0.39 is 29.5 Å². The lowest BCUT2D eigenvalue weighted by Crippen LogP contribution is -2.29. The van der Waals surface area contributed by atoms with E-state index in [1.165, 1.54) is 38.4 Å². The van der Waals surface area contributed by atoms with Gasteiger partial charge in [-0.05, 0) is 61.0 Å². The average Bonchev–Trinajstić information content (AvgIpc) is 3.22. The molecule has 4 rings (SSSR count). The highest BCUT2D eigenvalue weighted by atomic mass is 16.5. The van der Waals surface area contributed by atoms with Gasteiger partial charge in [0.25, 0.3) is 11.7 Å². The fourth-order valence-corrected chi connectivity index (χ4v) is 4.42. The van der Waals surface area contributed by atoms with E-state index in [1.54, 1.807) is 61.5 Å². The molecule has 0 aliphatic carbocycles. The maximum absolute atomic E-state index is 13.5. The lowest BCUT2D eigenvalue weighted by atomic mass is 9.94. The highest BCUT2D eigenvalue weighted by Crippen LogP contribution is 2.45. The molecule has 1 aliphatic heterocycles. The minimum absolute atomic E-state index is 0.140. The van der Waals surface area contributed by atoms with E-state index in [0.29, 0.717) is 22.6 Å². The van der Waals surface area contributed by atoms with E-state index >= 15 is 0 Å². The molecular formula is C29H27NO8. The third-order valence-corrected chi connectivity index (χ3v) is 6.18. The van der Waals surface area contributed by atoms with Crippen LogP contribution in [-0.2, 0) is 14.3 Å². The molecule has 1 fully saturated rings. The maximum Gasteiger partial charge on any atom is 0.338 e. The first-order valence-corrected chi connectivity index (χ1v) is 11.8. The van der Waals surface area contributed by atoms with Gasteiger partial charge in [0.2, 0.25) is 0 Å². The Morgan fingerprint density at radius 1 is 0.895 bits per heavy atom. The summed E-state index contributed by atoms with van der Waals surface area (Å²) >= 11 is 0. The second kappa shape index (κ2) is 11.1. The molecule has 1 heterocycles. The number of rotatable bonds is 8. The summed E-state index contributed by atoms with van der Waals surface area (Å²) in [5.74, 6) is -1.67. The number of aliphatic hydroxyl groups excluding tert-OH is 1. The molecule has 1 N–H and O–H groups in total. The van der Waals surface area contributed by atoms with Gasteiger partial charge >= 0.3 is 5.97 Å². The number of amides is 1. The molecule has 1 aliphatic rings. The predicted molar refractivity (Wildman–Crippen MR) is 140 cm³/mol. The quantitative estimate of drug-likeness (QED) is 0.201. The molecule has 0 radical (unpaired) electrons.